The number of anilines is 1. The average Bonchev–Trinajstić information content (AvgIpc) is 2.65. The second kappa shape index (κ2) is 7.44. The van der Waals surface area contributed by atoms with Crippen LogP contribution in [0.5, 0.6) is 5.75 Å². The summed E-state index contributed by atoms with van der Waals surface area (Å²) in [6.07, 6.45) is 0.528. The van der Waals surface area contributed by atoms with Crippen molar-refractivity contribution >= 4 is 26.7 Å². The first-order valence-corrected chi connectivity index (χ1v) is 10.4. The van der Waals surface area contributed by atoms with Crippen LogP contribution in [0.15, 0.2) is 57.7 Å². The van der Waals surface area contributed by atoms with Gasteiger partial charge in [-0.05, 0) is 43.2 Å². The number of aromatic hydroxyl groups is 1. The van der Waals surface area contributed by atoms with E-state index < -0.39 is 21.6 Å². The fourth-order valence-corrected chi connectivity index (χ4v) is 3.76. The predicted molar refractivity (Wildman–Crippen MR) is 106 cm³/mol. The molecule has 27 heavy (non-hydrogen) atoms. The van der Waals surface area contributed by atoms with Crippen molar-refractivity contribution in [2.75, 3.05) is 10.5 Å². The largest absolute Gasteiger partial charge is 0.507 e. The third-order valence-electron chi connectivity index (χ3n) is 4.52. The minimum absolute atomic E-state index is 0.0382. The number of nitrogens with one attached hydrogen (secondary N) is 1. The summed E-state index contributed by atoms with van der Waals surface area (Å²) in [6.45, 7) is 3.45. The van der Waals surface area contributed by atoms with Gasteiger partial charge in [-0.1, -0.05) is 31.2 Å². The summed E-state index contributed by atoms with van der Waals surface area (Å²) in [5.74, 6) is -0.575. The molecule has 0 aliphatic heterocycles. The van der Waals surface area contributed by atoms with E-state index in [1.54, 1.807) is 55.5 Å². The molecule has 3 aromatic rings. The molecular weight excluding hydrogens is 366 g/mol. The fraction of sp³-hybridized carbons (Fsp3) is 0.250. The van der Waals surface area contributed by atoms with Crippen molar-refractivity contribution in [2.45, 2.75) is 26.2 Å². The maximum Gasteiger partial charge on any atom is 0.343 e. The standard InChI is InChI=1S/C20H21NO5S/c1-3-15(13-8-7-9-14(12-13)21-27(24,25)4-2)18-19(22)16-10-5-6-11-17(16)26-20(18)23/h5-12,15,21-22H,3-4H2,1-2H3. The first-order chi connectivity index (χ1) is 12.9. The molecule has 0 fully saturated rings. The average molecular weight is 387 g/mol. The molecule has 1 unspecified atom stereocenters. The van der Waals surface area contributed by atoms with Gasteiger partial charge in [-0.15, -0.1) is 0 Å². The van der Waals surface area contributed by atoms with Gasteiger partial charge in [0.2, 0.25) is 10.0 Å². The molecule has 142 valence electrons. The van der Waals surface area contributed by atoms with E-state index in [1.165, 1.54) is 0 Å². The van der Waals surface area contributed by atoms with Crippen LogP contribution in [0.1, 0.15) is 37.3 Å². The Balaban J connectivity index is 2.11. The van der Waals surface area contributed by atoms with Gasteiger partial charge >= 0.3 is 5.63 Å². The lowest BCUT2D eigenvalue weighted by atomic mass is 9.88. The zero-order valence-corrected chi connectivity index (χ0v) is 15.9. The number of fused-ring (bicyclic) bond motifs is 1. The molecule has 0 bridgehead atoms. The number of rotatable bonds is 6. The van der Waals surface area contributed by atoms with Crippen molar-refractivity contribution in [3.63, 3.8) is 0 Å². The summed E-state index contributed by atoms with van der Waals surface area (Å²) in [4.78, 5) is 12.5. The van der Waals surface area contributed by atoms with Gasteiger partial charge in [0.1, 0.15) is 11.3 Å². The Morgan fingerprint density at radius 2 is 1.85 bits per heavy atom. The van der Waals surface area contributed by atoms with Crippen LogP contribution >= 0.6 is 0 Å². The summed E-state index contributed by atoms with van der Waals surface area (Å²) in [7, 11) is -3.41. The van der Waals surface area contributed by atoms with Crippen molar-refractivity contribution in [1.82, 2.24) is 0 Å². The highest BCUT2D eigenvalue weighted by Gasteiger charge is 2.23. The first kappa shape index (κ1) is 19.0. The highest BCUT2D eigenvalue weighted by Crippen LogP contribution is 2.36. The predicted octanol–water partition coefficient (Wildman–Crippen LogP) is 3.80. The van der Waals surface area contributed by atoms with E-state index in [2.05, 4.69) is 4.72 Å². The molecular formula is C20H21NO5S. The molecule has 0 amide bonds. The molecule has 0 aliphatic carbocycles. The van der Waals surface area contributed by atoms with Crippen LogP contribution in [-0.2, 0) is 10.0 Å². The van der Waals surface area contributed by atoms with Gasteiger partial charge in [0.05, 0.1) is 16.7 Å². The number of benzene rings is 2. The Labute approximate surface area is 157 Å². The second-order valence-corrected chi connectivity index (χ2v) is 8.25. The quantitative estimate of drug-likeness (QED) is 0.627. The Bertz CT molecular complexity index is 1130. The Hall–Kier alpha value is -2.80. The minimum Gasteiger partial charge on any atom is -0.507 e. The molecule has 0 saturated carbocycles. The molecule has 7 heteroatoms. The van der Waals surface area contributed by atoms with Gasteiger partial charge in [0, 0.05) is 11.6 Å². The summed E-state index contributed by atoms with van der Waals surface area (Å²) < 4.78 is 31.5. The lowest BCUT2D eigenvalue weighted by Crippen LogP contribution is -2.16. The highest BCUT2D eigenvalue weighted by atomic mass is 32.2. The highest BCUT2D eigenvalue weighted by molar-refractivity contribution is 7.92. The SMILES string of the molecule is CCC(c1cccc(NS(=O)(=O)CC)c1)c1c(O)c2ccccc2oc1=O. The van der Waals surface area contributed by atoms with Crippen LogP contribution in [-0.4, -0.2) is 19.3 Å². The zero-order chi connectivity index (χ0) is 19.6. The summed E-state index contributed by atoms with van der Waals surface area (Å²) in [6, 6.07) is 13.6. The lowest BCUT2D eigenvalue weighted by molar-refractivity contribution is 0.450. The minimum atomic E-state index is -3.41. The summed E-state index contributed by atoms with van der Waals surface area (Å²) in [5.41, 5.74) is 1.02. The van der Waals surface area contributed by atoms with E-state index in [4.69, 9.17) is 4.42 Å². The van der Waals surface area contributed by atoms with Gasteiger partial charge in [-0.3, -0.25) is 4.72 Å². The van der Waals surface area contributed by atoms with Crippen LogP contribution in [0.2, 0.25) is 0 Å². The number of hydrogen-bond acceptors (Lipinski definition) is 5. The van der Waals surface area contributed by atoms with E-state index in [-0.39, 0.29) is 17.1 Å². The third kappa shape index (κ3) is 3.83. The van der Waals surface area contributed by atoms with Crippen molar-refractivity contribution in [3.8, 4) is 5.75 Å². The Kier molecular flexibility index (Phi) is 5.23. The molecule has 2 aromatic carbocycles. The Morgan fingerprint density at radius 3 is 2.56 bits per heavy atom. The van der Waals surface area contributed by atoms with E-state index in [0.717, 1.165) is 0 Å². The smallest absolute Gasteiger partial charge is 0.343 e. The van der Waals surface area contributed by atoms with Crippen LogP contribution in [0.4, 0.5) is 5.69 Å². The number of para-hydroxylation sites is 1. The normalized spacial score (nSPS) is 12.8. The number of sulfonamides is 1. The van der Waals surface area contributed by atoms with Crippen LogP contribution in [0, 0.1) is 0 Å². The van der Waals surface area contributed by atoms with Crippen molar-refractivity contribution in [1.29, 1.82) is 0 Å². The van der Waals surface area contributed by atoms with Crippen molar-refractivity contribution < 1.29 is 17.9 Å². The molecule has 1 atom stereocenters. The lowest BCUT2D eigenvalue weighted by Gasteiger charge is -2.18. The maximum atomic E-state index is 12.5. The third-order valence-corrected chi connectivity index (χ3v) is 5.83. The van der Waals surface area contributed by atoms with Crippen LogP contribution in [0.25, 0.3) is 11.0 Å². The first-order valence-electron chi connectivity index (χ1n) is 8.71. The van der Waals surface area contributed by atoms with Crippen LogP contribution in [0.3, 0.4) is 0 Å². The van der Waals surface area contributed by atoms with Gasteiger partial charge < -0.3 is 9.52 Å². The monoisotopic (exact) mass is 387 g/mol. The molecule has 6 nitrogen and oxygen atoms in total. The van der Waals surface area contributed by atoms with Gasteiger partial charge in [0.25, 0.3) is 0 Å². The fourth-order valence-electron chi connectivity index (χ4n) is 3.13. The topological polar surface area (TPSA) is 96.6 Å². The maximum absolute atomic E-state index is 12.5. The Morgan fingerprint density at radius 1 is 1.11 bits per heavy atom. The van der Waals surface area contributed by atoms with E-state index in [1.807, 2.05) is 6.92 Å². The zero-order valence-electron chi connectivity index (χ0n) is 15.1. The van der Waals surface area contributed by atoms with E-state index >= 15 is 0 Å². The second-order valence-electron chi connectivity index (χ2n) is 6.24. The molecule has 0 saturated heterocycles. The van der Waals surface area contributed by atoms with Gasteiger partial charge in [-0.2, -0.15) is 0 Å². The van der Waals surface area contributed by atoms with Gasteiger partial charge in [-0.25, -0.2) is 13.2 Å². The van der Waals surface area contributed by atoms with E-state index in [0.29, 0.717) is 28.6 Å². The van der Waals surface area contributed by atoms with Crippen molar-refractivity contribution in [3.05, 3.63) is 70.1 Å². The number of hydrogen-bond donors (Lipinski definition) is 2. The van der Waals surface area contributed by atoms with E-state index in [9.17, 15) is 18.3 Å². The van der Waals surface area contributed by atoms with Crippen molar-refractivity contribution in [2.24, 2.45) is 0 Å². The molecule has 2 N–H and O–H groups in total. The molecule has 3 rings (SSSR count). The van der Waals surface area contributed by atoms with Gasteiger partial charge in [0.15, 0.2) is 0 Å². The molecule has 0 aliphatic rings. The molecule has 0 radical (unpaired) electrons. The molecule has 1 aromatic heterocycles. The molecule has 1 heterocycles. The van der Waals surface area contributed by atoms with Crippen LogP contribution < -0.4 is 10.3 Å². The summed E-state index contributed by atoms with van der Waals surface area (Å²) >= 11 is 0. The summed E-state index contributed by atoms with van der Waals surface area (Å²) in [5, 5.41) is 11.2. The molecule has 0 spiro atoms.